The fourth-order valence-corrected chi connectivity index (χ4v) is 4.97. The molecule has 1 aliphatic heterocycles. The Morgan fingerprint density at radius 1 is 0.960 bits per heavy atom. The highest BCUT2D eigenvalue weighted by Gasteiger charge is 2.39. The molecule has 1 heterocycles. The van der Waals surface area contributed by atoms with E-state index in [2.05, 4.69) is 59.9 Å². The maximum Gasteiger partial charge on any atom is 0.0568 e. The SMILES string of the molecule is Clc1ccc([C@@H]2Nc3ccc4ccccc4c3[C@H]3C=CC[C@@H]32)c(Cl)c1. The van der Waals surface area contributed by atoms with Crippen LogP contribution in [-0.2, 0) is 0 Å². The fraction of sp³-hybridized carbons (Fsp3) is 0.182. The Bertz CT molecular complexity index is 1010. The Balaban J connectivity index is 1.69. The lowest BCUT2D eigenvalue weighted by atomic mass is 9.75. The number of allylic oxidation sites excluding steroid dienone is 2. The summed E-state index contributed by atoms with van der Waals surface area (Å²) in [5.74, 6) is 0.885. The molecule has 124 valence electrons. The van der Waals surface area contributed by atoms with Gasteiger partial charge < -0.3 is 5.32 Å². The van der Waals surface area contributed by atoms with Gasteiger partial charge >= 0.3 is 0 Å². The van der Waals surface area contributed by atoms with E-state index in [0.717, 1.165) is 17.0 Å². The highest BCUT2D eigenvalue weighted by atomic mass is 35.5. The second kappa shape index (κ2) is 5.79. The van der Waals surface area contributed by atoms with Crippen LogP contribution in [0.1, 0.15) is 29.5 Å². The standard InChI is InChI=1S/C22H17Cl2N/c23-14-9-10-18(19(24)12-14)22-17-7-3-6-16(17)21-15-5-2-1-4-13(15)8-11-20(21)25-22/h1-6,8-12,16-17,22,25H,7H2/t16-,17-,22+/m0/s1. The monoisotopic (exact) mass is 365 g/mol. The molecular formula is C22H17Cl2N. The van der Waals surface area contributed by atoms with Crippen LogP contribution in [0.25, 0.3) is 10.8 Å². The van der Waals surface area contributed by atoms with Gasteiger partial charge in [0.05, 0.1) is 6.04 Å². The molecule has 0 unspecified atom stereocenters. The van der Waals surface area contributed by atoms with E-state index < -0.39 is 0 Å². The summed E-state index contributed by atoms with van der Waals surface area (Å²) in [5, 5.41) is 7.82. The second-order valence-corrected chi connectivity index (χ2v) is 7.73. The largest absolute Gasteiger partial charge is 0.378 e. The summed E-state index contributed by atoms with van der Waals surface area (Å²) in [7, 11) is 0. The summed E-state index contributed by atoms with van der Waals surface area (Å²) in [4.78, 5) is 0. The van der Waals surface area contributed by atoms with Gasteiger partial charge in [0.25, 0.3) is 0 Å². The van der Waals surface area contributed by atoms with E-state index in [1.54, 1.807) is 0 Å². The Kier molecular flexibility index (Phi) is 3.55. The fourth-order valence-electron chi connectivity index (χ4n) is 4.44. The molecule has 1 N–H and O–H groups in total. The zero-order valence-electron chi connectivity index (χ0n) is 13.5. The van der Waals surface area contributed by atoms with Crippen LogP contribution in [-0.4, -0.2) is 0 Å². The Morgan fingerprint density at radius 3 is 2.72 bits per heavy atom. The molecule has 2 aliphatic rings. The van der Waals surface area contributed by atoms with Gasteiger partial charge in [0.2, 0.25) is 0 Å². The molecule has 1 aliphatic carbocycles. The van der Waals surface area contributed by atoms with Gasteiger partial charge in [-0.05, 0) is 52.4 Å². The smallest absolute Gasteiger partial charge is 0.0568 e. The number of benzene rings is 3. The van der Waals surface area contributed by atoms with Crippen molar-refractivity contribution in [3.8, 4) is 0 Å². The Morgan fingerprint density at radius 2 is 1.84 bits per heavy atom. The molecule has 0 saturated heterocycles. The number of nitrogens with one attached hydrogen (secondary N) is 1. The van der Waals surface area contributed by atoms with E-state index in [0.29, 0.717) is 16.9 Å². The first-order valence-corrected chi connectivity index (χ1v) is 9.38. The number of anilines is 1. The summed E-state index contributed by atoms with van der Waals surface area (Å²) in [6.45, 7) is 0. The minimum Gasteiger partial charge on any atom is -0.378 e. The molecule has 0 radical (unpaired) electrons. The zero-order chi connectivity index (χ0) is 17.0. The van der Waals surface area contributed by atoms with Crippen molar-refractivity contribution in [1.29, 1.82) is 0 Å². The van der Waals surface area contributed by atoms with Crippen molar-refractivity contribution in [2.24, 2.45) is 5.92 Å². The molecule has 3 aromatic rings. The number of halogens is 2. The van der Waals surface area contributed by atoms with Gasteiger partial charge in [0.15, 0.2) is 0 Å². The van der Waals surface area contributed by atoms with Crippen LogP contribution < -0.4 is 5.32 Å². The third-order valence-corrected chi connectivity index (χ3v) is 6.12. The minimum absolute atomic E-state index is 0.193. The molecule has 3 heteroatoms. The number of fused-ring (bicyclic) bond motifs is 5. The summed E-state index contributed by atoms with van der Waals surface area (Å²) in [6, 6.07) is 19.1. The first kappa shape index (κ1) is 15.3. The predicted molar refractivity (Wildman–Crippen MR) is 107 cm³/mol. The van der Waals surface area contributed by atoms with Gasteiger partial charge in [-0.25, -0.2) is 0 Å². The van der Waals surface area contributed by atoms with Crippen molar-refractivity contribution in [2.45, 2.75) is 18.4 Å². The average Bonchev–Trinajstić information content (AvgIpc) is 3.10. The van der Waals surface area contributed by atoms with E-state index in [-0.39, 0.29) is 6.04 Å². The topological polar surface area (TPSA) is 12.0 Å². The summed E-state index contributed by atoms with van der Waals surface area (Å²) >= 11 is 12.6. The average molecular weight is 366 g/mol. The van der Waals surface area contributed by atoms with E-state index in [9.17, 15) is 0 Å². The van der Waals surface area contributed by atoms with Crippen molar-refractivity contribution in [1.82, 2.24) is 0 Å². The second-order valence-electron chi connectivity index (χ2n) is 6.89. The van der Waals surface area contributed by atoms with E-state index in [4.69, 9.17) is 23.2 Å². The van der Waals surface area contributed by atoms with Crippen molar-refractivity contribution in [2.75, 3.05) is 5.32 Å². The van der Waals surface area contributed by atoms with Crippen molar-refractivity contribution in [3.63, 3.8) is 0 Å². The molecule has 25 heavy (non-hydrogen) atoms. The van der Waals surface area contributed by atoms with Gasteiger partial charge in [-0.1, -0.05) is 71.8 Å². The van der Waals surface area contributed by atoms with Crippen molar-refractivity contribution in [3.05, 3.63) is 87.9 Å². The molecule has 5 rings (SSSR count). The number of hydrogen-bond acceptors (Lipinski definition) is 1. The first-order chi connectivity index (χ1) is 12.2. The lowest BCUT2D eigenvalue weighted by molar-refractivity contribution is 0.427. The molecule has 3 aromatic carbocycles. The molecular weight excluding hydrogens is 349 g/mol. The molecule has 0 saturated carbocycles. The lowest BCUT2D eigenvalue weighted by Gasteiger charge is -2.38. The molecule has 3 atom stereocenters. The van der Waals surface area contributed by atoms with Crippen LogP contribution in [0.15, 0.2) is 66.7 Å². The Hall–Kier alpha value is -1.96. The zero-order valence-corrected chi connectivity index (χ0v) is 15.1. The molecule has 0 bridgehead atoms. The Labute approximate surface area is 157 Å². The van der Waals surface area contributed by atoms with E-state index in [1.807, 2.05) is 12.1 Å². The van der Waals surface area contributed by atoms with Gasteiger partial charge in [-0.3, -0.25) is 0 Å². The first-order valence-electron chi connectivity index (χ1n) is 8.62. The highest BCUT2D eigenvalue weighted by Crippen LogP contribution is 2.52. The van der Waals surface area contributed by atoms with Crippen molar-refractivity contribution < 1.29 is 0 Å². The highest BCUT2D eigenvalue weighted by molar-refractivity contribution is 6.35. The third-order valence-electron chi connectivity index (χ3n) is 5.55. The van der Waals surface area contributed by atoms with Crippen LogP contribution in [0.2, 0.25) is 10.0 Å². The summed E-state index contributed by atoms with van der Waals surface area (Å²) in [5.41, 5.74) is 3.75. The van der Waals surface area contributed by atoms with E-state index in [1.165, 1.54) is 22.0 Å². The van der Waals surface area contributed by atoms with Gasteiger partial charge in [-0.2, -0.15) is 0 Å². The van der Waals surface area contributed by atoms with Gasteiger partial charge in [0, 0.05) is 21.7 Å². The summed E-state index contributed by atoms with van der Waals surface area (Å²) < 4.78 is 0. The predicted octanol–water partition coefficient (Wildman–Crippen LogP) is 6.97. The van der Waals surface area contributed by atoms with E-state index >= 15 is 0 Å². The van der Waals surface area contributed by atoms with Crippen LogP contribution in [0.3, 0.4) is 0 Å². The lowest BCUT2D eigenvalue weighted by Crippen LogP contribution is -2.29. The maximum atomic E-state index is 6.53. The van der Waals surface area contributed by atoms with Gasteiger partial charge in [-0.15, -0.1) is 0 Å². The normalized spacial score (nSPS) is 24.0. The molecule has 0 amide bonds. The maximum absolute atomic E-state index is 6.53. The van der Waals surface area contributed by atoms with Crippen LogP contribution in [0, 0.1) is 5.92 Å². The minimum atomic E-state index is 0.193. The molecule has 0 fully saturated rings. The molecule has 0 spiro atoms. The summed E-state index contributed by atoms with van der Waals surface area (Å²) in [6.07, 6.45) is 5.74. The third kappa shape index (κ3) is 2.38. The molecule has 0 aromatic heterocycles. The van der Waals surface area contributed by atoms with Crippen LogP contribution in [0.5, 0.6) is 0 Å². The van der Waals surface area contributed by atoms with Crippen LogP contribution >= 0.6 is 23.2 Å². The van der Waals surface area contributed by atoms with Gasteiger partial charge in [0.1, 0.15) is 0 Å². The van der Waals surface area contributed by atoms with Crippen LogP contribution in [0.4, 0.5) is 5.69 Å². The molecule has 1 nitrogen and oxygen atoms in total. The van der Waals surface area contributed by atoms with Crippen molar-refractivity contribution >= 4 is 39.7 Å². The quantitative estimate of drug-likeness (QED) is 0.459. The number of hydrogen-bond donors (Lipinski definition) is 1. The number of rotatable bonds is 1.